The van der Waals surface area contributed by atoms with Crippen LogP contribution in [0.15, 0.2) is 47.8 Å². The first kappa shape index (κ1) is 17.6. The second kappa shape index (κ2) is 7.80. The molecule has 1 aromatic heterocycles. The summed E-state index contributed by atoms with van der Waals surface area (Å²) >= 11 is 1.47. The number of thiophene rings is 1. The molecule has 3 rings (SSSR count). The molecule has 2 amide bonds. The van der Waals surface area contributed by atoms with Gasteiger partial charge in [-0.15, -0.1) is 11.3 Å². The van der Waals surface area contributed by atoms with E-state index in [-0.39, 0.29) is 17.9 Å². The molecule has 1 unspecified atom stereocenters. The lowest BCUT2D eigenvalue weighted by atomic mass is 10.0. The Bertz CT molecular complexity index is 708. The summed E-state index contributed by atoms with van der Waals surface area (Å²) in [5.41, 5.74) is 0.999. The van der Waals surface area contributed by atoms with Gasteiger partial charge >= 0.3 is 0 Å². The van der Waals surface area contributed by atoms with Crippen molar-refractivity contribution in [1.82, 2.24) is 14.7 Å². The number of hydrogen-bond donors (Lipinski definition) is 0. The molecule has 5 nitrogen and oxygen atoms in total. The largest absolute Gasteiger partial charge is 0.347 e. The van der Waals surface area contributed by atoms with Crippen molar-refractivity contribution in [2.24, 2.45) is 0 Å². The van der Waals surface area contributed by atoms with Crippen LogP contribution in [0.2, 0.25) is 0 Å². The third kappa shape index (κ3) is 3.91. The summed E-state index contributed by atoms with van der Waals surface area (Å²) in [5.74, 6) is 0.161. The van der Waals surface area contributed by atoms with Gasteiger partial charge in [0.15, 0.2) is 0 Å². The van der Waals surface area contributed by atoms with Crippen LogP contribution in [0.1, 0.15) is 21.3 Å². The van der Waals surface area contributed by atoms with E-state index in [1.165, 1.54) is 11.3 Å². The van der Waals surface area contributed by atoms with Crippen LogP contribution in [-0.2, 0) is 4.79 Å². The van der Waals surface area contributed by atoms with Crippen LogP contribution >= 0.6 is 11.3 Å². The van der Waals surface area contributed by atoms with Gasteiger partial charge in [-0.3, -0.25) is 14.5 Å². The second-order valence-electron chi connectivity index (χ2n) is 6.35. The minimum absolute atomic E-state index is 0.0734. The topological polar surface area (TPSA) is 43.9 Å². The van der Waals surface area contributed by atoms with Crippen molar-refractivity contribution >= 4 is 23.2 Å². The van der Waals surface area contributed by atoms with E-state index < -0.39 is 0 Å². The lowest BCUT2D eigenvalue weighted by Gasteiger charge is -2.39. The van der Waals surface area contributed by atoms with E-state index in [1.54, 1.807) is 19.0 Å². The average molecular weight is 357 g/mol. The van der Waals surface area contributed by atoms with E-state index in [4.69, 9.17) is 0 Å². The molecule has 0 bridgehead atoms. The van der Waals surface area contributed by atoms with Gasteiger partial charge in [-0.1, -0.05) is 36.4 Å². The second-order valence-corrected chi connectivity index (χ2v) is 7.30. The molecule has 0 saturated carbocycles. The van der Waals surface area contributed by atoms with Crippen molar-refractivity contribution in [1.29, 1.82) is 0 Å². The molecule has 132 valence electrons. The van der Waals surface area contributed by atoms with Crippen molar-refractivity contribution < 1.29 is 9.59 Å². The molecule has 0 aliphatic carbocycles. The van der Waals surface area contributed by atoms with Crippen LogP contribution in [0.4, 0.5) is 0 Å². The van der Waals surface area contributed by atoms with E-state index in [0.717, 1.165) is 10.4 Å². The Balaban J connectivity index is 1.72. The van der Waals surface area contributed by atoms with Gasteiger partial charge < -0.3 is 9.80 Å². The molecular formula is C19H23N3O2S. The number of amides is 2. The van der Waals surface area contributed by atoms with Gasteiger partial charge in [-0.25, -0.2) is 0 Å². The van der Waals surface area contributed by atoms with Gasteiger partial charge in [0, 0.05) is 40.3 Å². The number of carbonyl (C=O) groups excluding carboxylic acids is 2. The van der Waals surface area contributed by atoms with Crippen LogP contribution in [0.5, 0.6) is 0 Å². The molecule has 1 aliphatic rings. The van der Waals surface area contributed by atoms with Crippen LogP contribution in [0.25, 0.3) is 0 Å². The zero-order valence-corrected chi connectivity index (χ0v) is 15.4. The maximum absolute atomic E-state index is 12.8. The summed E-state index contributed by atoms with van der Waals surface area (Å²) in [6, 6.07) is 13.3. The third-order valence-corrected chi connectivity index (χ3v) is 5.35. The predicted molar refractivity (Wildman–Crippen MR) is 99.7 cm³/mol. The van der Waals surface area contributed by atoms with Crippen LogP contribution < -0.4 is 0 Å². The highest BCUT2D eigenvalue weighted by molar-refractivity contribution is 7.12. The smallest absolute Gasteiger partial charge is 0.264 e. The molecule has 1 aliphatic heterocycles. The third-order valence-electron chi connectivity index (χ3n) is 4.49. The Morgan fingerprint density at radius 3 is 2.24 bits per heavy atom. The molecule has 2 heterocycles. The van der Waals surface area contributed by atoms with Crippen molar-refractivity contribution in [2.45, 2.75) is 6.04 Å². The van der Waals surface area contributed by atoms with E-state index in [2.05, 4.69) is 4.90 Å². The number of nitrogens with zero attached hydrogens (tertiary/aromatic N) is 3. The molecule has 0 radical (unpaired) electrons. The molecule has 1 aromatic carbocycles. The Morgan fingerprint density at radius 2 is 1.68 bits per heavy atom. The quantitative estimate of drug-likeness (QED) is 0.844. The number of rotatable bonds is 4. The Morgan fingerprint density at radius 1 is 1.00 bits per heavy atom. The van der Waals surface area contributed by atoms with E-state index in [9.17, 15) is 9.59 Å². The summed E-state index contributed by atoms with van der Waals surface area (Å²) in [6.45, 7) is 2.66. The maximum Gasteiger partial charge on any atom is 0.264 e. The Kier molecular flexibility index (Phi) is 5.50. The standard InChI is InChI=1S/C19H23N3O2S/c1-20(2)19(24)17(15-7-4-3-5-8-15)21-10-12-22(13-11-21)18(23)16-9-6-14-25-16/h3-9,14,17H,10-13H2,1-2H3. The van der Waals surface area contributed by atoms with Crippen LogP contribution in [-0.4, -0.2) is 66.8 Å². The minimum Gasteiger partial charge on any atom is -0.347 e. The van der Waals surface area contributed by atoms with Crippen molar-refractivity contribution in [2.75, 3.05) is 40.3 Å². The molecule has 2 aromatic rings. The highest BCUT2D eigenvalue weighted by Gasteiger charge is 2.32. The predicted octanol–water partition coefficient (Wildman–Crippen LogP) is 2.34. The number of benzene rings is 1. The average Bonchev–Trinajstić information content (AvgIpc) is 3.17. The van der Waals surface area contributed by atoms with Gasteiger partial charge in [0.25, 0.3) is 5.91 Å². The zero-order valence-electron chi connectivity index (χ0n) is 14.6. The summed E-state index contributed by atoms with van der Waals surface area (Å²) in [6.07, 6.45) is 0. The lowest BCUT2D eigenvalue weighted by Crippen LogP contribution is -2.52. The van der Waals surface area contributed by atoms with Gasteiger partial charge in [0.1, 0.15) is 6.04 Å². The summed E-state index contributed by atoms with van der Waals surface area (Å²) < 4.78 is 0. The van der Waals surface area contributed by atoms with Crippen LogP contribution in [0.3, 0.4) is 0 Å². The molecule has 1 saturated heterocycles. The number of likely N-dealkylation sites (N-methyl/N-ethyl adjacent to an activating group) is 1. The number of piperazine rings is 1. The SMILES string of the molecule is CN(C)C(=O)C(c1ccccc1)N1CCN(C(=O)c2cccs2)CC1. The molecule has 1 atom stereocenters. The molecule has 6 heteroatoms. The monoisotopic (exact) mass is 357 g/mol. The maximum atomic E-state index is 12.8. The van der Waals surface area contributed by atoms with Gasteiger partial charge in [0.05, 0.1) is 4.88 Å². The minimum atomic E-state index is -0.296. The molecule has 1 fully saturated rings. The van der Waals surface area contributed by atoms with E-state index >= 15 is 0 Å². The lowest BCUT2D eigenvalue weighted by molar-refractivity contribution is -0.135. The number of carbonyl (C=O) groups is 2. The first-order chi connectivity index (χ1) is 12.1. The van der Waals surface area contributed by atoms with Crippen molar-refractivity contribution in [3.8, 4) is 0 Å². The van der Waals surface area contributed by atoms with E-state index in [0.29, 0.717) is 26.2 Å². The van der Waals surface area contributed by atoms with Gasteiger partial charge in [-0.2, -0.15) is 0 Å². The number of hydrogen-bond acceptors (Lipinski definition) is 4. The summed E-state index contributed by atoms with van der Waals surface area (Å²) in [4.78, 5) is 31.7. The normalized spacial score (nSPS) is 16.5. The van der Waals surface area contributed by atoms with Crippen molar-refractivity contribution in [3.05, 3.63) is 58.3 Å². The summed E-state index contributed by atoms with van der Waals surface area (Å²) in [7, 11) is 3.57. The molecule has 25 heavy (non-hydrogen) atoms. The first-order valence-corrected chi connectivity index (χ1v) is 9.29. The summed E-state index contributed by atoms with van der Waals surface area (Å²) in [5, 5.41) is 1.92. The first-order valence-electron chi connectivity index (χ1n) is 8.41. The van der Waals surface area contributed by atoms with Gasteiger partial charge in [-0.05, 0) is 17.0 Å². The highest BCUT2D eigenvalue weighted by atomic mass is 32.1. The zero-order chi connectivity index (χ0) is 17.8. The van der Waals surface area contributed by atoms with E-state index in [1.807, 2.05) is 52.7 Å². The van der Waals surface area contributed by atoms with Gasteiger partial charge in [0.2, 0.25) is 5.91 Å². The fourth-order valence-electron chi connectivity index (χ4n) is 3.13. The fourth-order valence-corrected chi connectivity index (χ4v) is 3.82. The molecular weight excluding hydrogens is 334 g/mol. The van der Waals surface area contributed by atoms with Crippen molar-refractivity contribution in [3.63, 3.8) is 0 Å². The van der Waals surface area contributed by atoms with Crippen LogP contribution in [0, 0.1) is 0 Å². The molecule has 0 spiro atoms. The highest BCUT2D eigenvalue weighted by Crippen LogP contribution is 2.24. The Labute approximate surface area is 152 Å². The molecule has 0 N–H and O–H groups in total. The fraction of sp³-hybridized carbons (Fsp3) is 0.368. The Hall–Kier alpha value is -2.18.